The van der Waals surface area contributed by atoms with Crippen LogP contribution < -0.4 is 12.4 Å². The predicted octanol–water partition coefficient (Wildman–Crippen LogP) is 6.68. The maximum Gasteiger partial charge on any atom is 0.102 e. The Balaban J connectivity index is 0. The Bertz CT molecular complexity index is 412. The van der Waals surface area contributed by atoms with E-state index < -0.39 is 0 Å². The number of nitrogens with zero attached hydrogens (tertiary/aromatic N) is 1. The molecule has 0 aromatic carbocycles. The van der Waals surface area contributed by atoms with Gasteiger partial charge in [-0.25, -0.2) is 0 Å². The summed E-state index contributed by atoms with van der Waals surface area (Å²) in [6, 6.07) is 0. The maximum atomic E-state index is 5.84. The van der Waals surface area contributed by atoms with E-state index in [1.165, 1.54) is 141 Å². The van der Waals surface area contributed by atoms with Gasteiger partial charge in [0.25, 0.3) is 0 Å². The molecule has 0 aliphatic carbocycles. The van der Waals surface area contributed by atoms with Crippen LogP contribution in [-0.2, 0) is 9.47 Å². The molecule has 226 valence electrons. The van der Waals surface area contributed by atoms with Crippen molar-refractivity contribution in [2.45, 2.75) is 142 Å². The van der Waals surface area contributed by atoms with E-state index >= 15 is 0 Å². The van der Waals surface area contributed by atoms with Crippen LogP contribution >= 0.6 is 11.8 Å². The van der Waals surface area contributed by atoms with Crippen molar-refractivity contribution < 1.29 is 26.4 Å². The highest BCUT2D eigenvalue weighted by Gasteiger charge is 2.13. The van der Waals surface area contributed by atoms with Crippen molar-refractivity contribution in [3.63, 3.8) is 0 Å². The SMILES string of the molecule is CCCCCCCCCCCCSCCOCCOCC[N+](C)(C)CCCCCCCCCCCC.[Cl-]. The minimum Gasteiger partial charge on any atom is -1.00 e. The maximum absolute atomic E-state index is 5.84. The lowest BCUT2D eigenvalue weighted by molar-refractivity contribution is -0.891. The number of halogens is 1. The van der Waals surface area contributed by atoms with Gasteiger partial charge in [0.1, 0.15) is 6.54 Å². The third kappa shape index (κ3) is 34.5. The first-order chi connectivity index (χ1) is 17.6. The molecule has 0 aromatic rings. The molecule has 0 N–H and O–H groups in total. The summed E-state index contributed by atoms with van der Waals surface area (Å²) in [5, 5.41) is 0. The molecule has 0 saturated heterocycles. The van der Waals surface area contributed by atoms with Crippen molar-refractivity contribution in [1.82, 2.24) is 0 Å². The van der Waals surface area contributed by atoms with Gasteiger partial charge in [-0.2, -0.15) is 11.8 Å². The Morgan fingerprint density at radius 3 is 1.32 bits per heavy atom. The summed E-state index contributed by atoms with van der Waals surface area (Å²) in [5.74, 6) is 2.42. The molecule has 37 heavy (non-hydrogen) atoms. The Morgan fingerprint density at radius 2 is 0.838 bits per heavy atom. The first kappa shape index (κ1) is 39.7. The van der Waals surface area contributed by atoms with E-state index in [4.69, 9.17) is 9.47 Å². The van der Waals surface area contributed by atoms with Crippen molar-refractivity contribution in [2.75, 3.05) is 65.1 Å². The molecule has 0 spiro atoms. The average Bonchev–Trinajstić information content (AvgIpc) is 2.86. The molecule has 0 unspecified atom stereocenters. The minimum atomic E-state index is 0. The average molecular weight is 566 g/mol. The zero-order chi connectivity index (χ0) is 26.4. The van der Waals surface area contributed by atoms with Crippen LogP contribution in [0.15, 0.2) is 0 Å². The number of rotatable bonds is 31. The fraction of sp³-hybridized carbons (Fsp3) is 1.00. The van der Waals surface area contributed by atoms with E-state index in [-0.39, 0.29) is 12.4 Å². The van der Waals surface area contributed by atoms with Gasteiger partial charge in [-0.1, -0.05) is 123 Å². The first-order valence-corrected chi connectivity index (χ1v) is 17.3. The second-order valence-corrected chi connectivity index (χ2v) is 12.8. The van der Waals surface area contributed by atoms with Crippen molar-refractivity contribution in [1.29, 1.82) is 0 Å². The van der Waals surface area contributed by atoms with E-state index in [2.05, 4.69) is 39.7 Å². The van der Waals surface area contributed by atoms with Gasteiger partial charge in [0.2, 0.25) is 0 Å². The van der Waals surface area contributed by atoms with Gasteiger partial charge in [0, 0.05) is 5.75 Å². The predicted molar refractivity (Wildman–Crippen MR) is 164 cm³/mol. The summed E-state index contributed by atoms with van der Waals surface area (Å²) < 4.78 is 12.7. The quantitative estimate of drug-likeness (QED) is 0.0690. The topological polar surface area (TPSA) is 18.5 Å². The third-order valence-electron chi connectivity index (χ3n) is 7.34. The Labute approximate surface area is 245 Å². The van der Waals surface area contributed by atoms with Crippen molar-refractivity contribution in [3.8, 4) is 0 Å². The normalized spacial score (nSPS) is 11.7. The monoisotopic (exact) mass is 565 g/mol. The van der Waals surface area contributed by atoms with Crippen LogP contribution in [0.25, 0.3) is 0 Å². The molecular weight excluding hydrogens is 498 g/mol. The van der Waals surface area contributed by atoms with Gasteiger partial charge in [-0.15, -0.1) is 0 Å². The van der Waals surface area contributed by atoms with Gasteiger partial charge < -0.3 is 26.4 Å². The van der Waals surface area contributed by atoms with Crippen LogP contribution in [-0.4, -0.2) is 69.6 Å². The molecular formula is C32H68ClNO2S. The van der Waals surface area contributed by atoms with Crippen molar-refractivity contribution in [2.24, 2.45) is 0 Å². The summed E-state index contributed by atoms with van der Waals surface area (Å²) in [5.41, 5.74) is 0. The minimum absolute atomic E-state index is 0. The van der Waals surface area contributed by atoms with Gasteiger partial charge in [0.05, 0.1) is 47.1 Å². The lowest BCUT2D eigenvalue weighted by Crippen LogP contribution is -3.00. The molecule has 0 aromatic heterocycles. The number of ether oxygens (including phenoxy) is 2. The molecule has 0 amide bonds. The lowest BCUT2D eigenvalue weighted by Gasteiger charge is -2.29. The number of hydrogen-bond acceptors (Lipinski definition) is 3. The number of likely N-dealkylation sites (N-methyl/N-ethyl adjacent to an activating group) is 1. The van der Waals surface area contributed by atoms with Gasteiger partial charge in [0.15, 0.2) is 0 Å². The van der Waals surface area contributed by atoms with E-state index in [1.807, 2.05) is 0 Å². The third-order valence-corrected chi connectivity index (χ3v) is 8.38. The summed E-state index contributed by atoms with van der Waals surface area (Å²) >= 11 is 2.05. The molecule has 0 saturated carbocycles. The van der Waals surface area contributed by atoms with E-state index in [0.717, 1.165) is 43.2 Å². The molecule has 0 aliphatic heterocycles. The second-order valence-electron chi connectivity index (χ2n) is 11.6. The fourth-order valence-corrected chi connectivity index (χ4v) is 5.53. The van der Waals surface area contributed by atoms with Gasteiger partial charge in [-0.05, 0) is 25.0 Å². The lowest BCUT2D eigenvalue weighted by atomic mass is 10.1. The second kappa shape index (κ2) is 32.7. The number of thioether (sulfide) groups is 1. The first-order valence-electron chi connectivity index (χ1n) is 16.2. The standard InChI is InChI=1S/C32H68NO2S.ClH/c1-5-7-9-11-13-15-17-19-21-23-25-33(3,4)26-27-34-28-29-35-30-32-36-31-24-22-20-18-16-14-12-10-8-6-2;/h5-32H2,1-4H3;1H/q+1;/p-1. The molecule has 0 fully saturated rings. The van der Waals surface area contributed by atoms with Crippen LogP contribution in [0, 0.1) is 0 Å². The zero-order valence-corrected chi connectivity index (χ0v) is 27.4. The highest BCUT2D eigenvalue weighted by molar-refractivity contribution is 7.99. The van der Waals surface area contributed by atoms with Crippen LogP contribution in [0.5, 0.6) is 0 Å². The Hall–Kier alpha value is 0.520. The molecule has 0 aliphatic rings. The van der Waals surface area contributed by atoms with Crippen molar-refractivity contribution in [3.05, 3.63) is 0 Å². The van der Waals surface area contributed by atoms with Crippen molar-refractivity contribution >= 4 is 11.8 Å². The molecule has 0 radical (unpaired) electrons. The Kier molecular flexibility index (Phi) is 35.1. The smallest absolute Gasteiger partial charge is 0.102 e. The highest BCUT2D eigenvalue weighted by atomic mass is 35.5. The van der Waals surface area contributed by atoms with Crippen LogP contribution in [0.4, 0.5) is 0 Å². The fourth-order valence-electron chi connectivity index (χ4n) is 4.68. The number of quaternary nitrogens is 1. The summed E-state index contributed by atoms with van der Waals surface area (Å²) in [6.45, 7) is 10.2. The molecule has 0 heterocycles. The van der Waals surface area contributed by atoms with Crippen LogP contribution in [0.2, 0.25) is 0 Å². The van der Waals surface area contributed by atoms with Crippen LogP contribution in [0.3, 0.4) is 0 Å². The van der Waals surface area contributed by atoms with Gasteiger partial charge >= 0.3 is 0 Å². The molecule has 5 heteroatoms. The summed E-state index contributed by atoms with van der Waals surface area (Å²) in [7, 11) is 4.69. The number of hydrogen-bond donors (Lipinski definition) is 0. The largest absolute Gasteiger partial charge is 1.00 e. The zero-order valence-electron chi connectivity index (χ0n) is 25.8. The van der Waals surface area contributed by atoms with Crippen LogP contribution in [0.1, 0.15) is 142 Å². The molecule has 0 rings (SSSR count). The molecule has 0 atom stereocenters. The van der Waals surface area contributed by atoms with E-state index in [1.54, 1.807) is 0 Å². The molecule has 0 bridgehead atoms. The Morgan fingerprint density at radius 1 is 0.432 bits per heavy atom. The number of unbranched alkanes of at least 4 members (excludes halogenated alkanes) is 18. The highest BCUT2D eigenvalue weighted by Crippen LogP contribution is 2.13. The van der Waals surface area contributed by atoms with Gasteiger partial charge in [-0.3, -0.25) is 0 Å². The van der Waals surface area contributed by atoms with E-state index in [0.29, 0.717) is 0 Å². The summed E-state index contributed by atoms with van der Waals surface area (Å²) in [6.07, 6.45) is 28.3. The molecule has 3 nitrogen and oxygen atoms in total. The summed E-state index contributed by atoms with van der Waals surface area (Å²) in [4.78, 5) is 0. The van der Waals surface area contributed by atoms with E-state index in [9.17, 15) is 0 Å².